The van der Waals surface area contributed by atoms with Crippen molar-refractivity contribution in [3.8, 4) is 5.75 Å². The summed E-state index contributed by atoms with van der Waals surface area (Å²) in [7, 11) is -2.29. The maximum Gasteiger partial charge on any atom is 0.262 e. The largest absolute Gasteiger partial charge is 0.497 e. The maximum absolute atomic E-state index is 13.2. The van der Waals surface area contributed by atoms with E-state index in [0.29, 0.717) is 17.0 Å². The minimum atomic E-state index is -3.82. The van der Waals surface area contributed by atoms with Gasteiger partial charge in [-0.2, -0.15) is 0 Å². The van der Waals surface area contributed by atoms with Gasteiger partial charge < -0.3 is 4.74 Å². The molecule has 0 amide bonds. The number of methoxy groups -OCH3 is 1. The number of benzene rings is 2. The molecule has 4 nitrogen and oxygen atoms in total. The van der Waals surface area contributed by atoms with E-state index in [-0.39, 0.29) is 4.90 Å². The van der Waals surface area contributed by atoms with Crippen LogP contribution in [0.1, 0.15) is 5.56 Å². The average Bonchev–Trinajstić information content (AvgIpc) is 2.42. The molecule has 106 valence electrons. The molecule has 0 unspecified atom stereocenters. The summed E-state index contributed by atoms with van der Waals surface area (Å²) in [4.78, 5) is -0.0756. The van der Waals surface area contributed by atoms with Crippen LogP contribution in [0.15, 0.2) is 47.4 Å². The van der Waals surface area contributed by atoms with Gasteiger partial charge in [0.05, 0.1) is 12.0 Å². The fourth-order valence-electron chi connectivity index (χ4n) is 1.73. The van der Waals surface area contributed by atoms with E-state index >= 15 is 0 Å². The molecule has 20 heavy (non-hydrogen) atoms. The van der Waals surface area contributed by atoms with E-state index in [2.05, 4.69) is 4.72 Å². The Bertz CT molecular complexity index is 712. The number of nitrogens with one attached hydrogen (secondary N) is 1. The molecule has 0 aromatic heterocycles. The molecule has 0 spiro atoms. The van der Waals surface area contributed by atoms with Crippen LogP contribution in [0, 0.1) is 12.7 Å². The van der Waals surface area contributed by atoms with Gasteiger partial charge in [0.25, 0.3) is 10.0 Å². The predicted octanol–water partition coefficient (Wildman–Crippen LogP) is 2.94. The Balaban J connectivity index is 2.32. The Hall–Kier alpha value is -2.08. The van der Waals surface area contributed by atoms with Crippen LogP contribution < -0.4 is 9.46 Å². The van der Waals surface area contributed by atoms with Crippen molar-refractivity contribution in [2.75, 3.05) is 11.8 Å². The van der Waals surface area contributed by atoms with Crippen molar-refractivity contribution in [2.24, 2.45) is 0 Å². The molecule has 0 aliphatic heterocycles. The number of hydrogen-bond donors (Lipinski definition) is 1. The lowest BCUT2D eigenvalue weighted by Crippen LogP contribution is -2.14. The standard InChI is InChI=1S/C14H14FNO3S/c1-10-3-4-11(15)9-14(10)20(17,18)16-12-5-7-13(19-2)8-6-12/h3-9,16H,1-2H3. The topological polar surface area (TPSA) is 55.4 Å². The third-order valence-electron chi connectivity index (χ3n) is 2.78. The van der Waals surface area contributed by atoms with Crippen LogP contribution in [0.2, 0.25) is 0 Å². The Morgan fingerprint density at radius 2 is 1.75 bits per heavy atom. The lowest BCUT2D eigenvalue weighted by molar-refractivity contribution is 0.415. The van der Waals surface area contributed by atoms with Gasteiger partial charge >= 0.3 is 0 Å². The van der Waals surface area contributed by atoms with Gasteiger partial charge in [0.1, 0.15) is 11.6 Å². The summed E-state index contributed by atoms with van der Waals surface area (Å²) in [5.41, 5.74) is 0.863. The molecule has 0 aliphatic rings. The summed E-state index contributed by atoms with van der Waals surface area (Å²) < 4.78 is 45.0. The minimum absolute atomic E-state index is 0.0756. The van der Waals surface area contributed by atoms with Gasteiger partial charge in [-0.15, -0.1) is 0 Å². The van der Waals surface area contributed by atoms with Gasteiger partial charge in [0, 0.05) is 5.69 Å². The predicted molar refractivity (Wildman–Crippen MR) is 74.9 cm³/mol. The highest BCUT2D eigenvalue weighted by molar-refractivity contribution is 7.92. The molecule has 0 saturated heterocycles. The first-order valence-corrected chi connectivity index (χ1v) is 7.34. The van der Waals surface area contributed by atoms with Gasteiger partial charge in [-0.1, -0.05) is 6.07 Å². The van der Waals surface area contributed by atoms with Gasteiger partial charge in [0.2, 0.25) is 0 Å². The van der Waals surface area contributed by atoms with E-state index in [1.165, 1.54) is 19.2 Å². The molecule has 0 heterocycles. The molecule has 0 saturated carbocycles. The zero-order valence-electron chi connectivity index (χ0n) is 11.1. The second-order valence-electron chi connectivity index (χ2n) is 4.24. The van der Waals surface area contributed by atoms with Crippen molar-refractivity contribution in [1.82, 2.24) is 0 Å². The summed E-state index contributed by atoms with van der Waals surface area (Å²) in [6.45, 7) is 1.61. The third kappa shape index (κ3) is 3.08. The number of sulfonamides is 1. The van der Waals surface area contributed by atoms with Crippen LogP contribution in [0.25, 0.3) is 0 Å². The normalized spacial score (nSPS) is 11.2. The quantitative estimate of drug-likeness (QED) is 0.943. The van der Waals surface area contributed by atoms with Crippen molar-refractivity contribution in [3.05, 3.63) is 53.8 Å². The number of rotatable bonds is 4. The molecule has 0 atom stereocenters. The van der Waals surface area contributed by atoms with Crippen molar-refractivity contribution in [2.45, 2.75) is 11.8 Å². The summed E-state index contributed by atoms with van der Waals surface area (Å²) in [6, 6.07) is 10.1. The number of aryl methyl sites for hydroxylation is 1. The number of hydrogen-bond acceptors (Lipinski definition) is 3. The van der Waals surface area contributed by atoms with Crippen LogP contribution in [0.4, 0.5) is 10.1 Å². The average molecular weight is 295 g/mol. The van der Waals surface area contributed by atoms with E-state index in [4.69, 9.17) is 4.74 Å². The monoisotopic (exact) mass is 295 g/mol. The number of ether oxygens (including phenoxy) is 1. The zero-order chi connectivity index (χ0) is 14.8. The minimum Gasteiger partial charge on any atom is -0.497 e. The molecular formula is C14H14FNO3S. The first-order valence-electron chi connectivity index (χ1n) is 5.85. The van der Waals surface area contributed by atoms with Crippen LogP contribution in [0.5, 0.6) is 5.75 Å². The molecule has 0 bridgehead atoms. The second kappa shape index (κ2) is 5.50. The molecule has 2 aromatic rings. The molecule has 2 aromatic carbocycles. The first-order chi connectivity index (χ1) is 9.42. The summed E-state index contributed by atoms with van der Waals surface area (Å²) >= 11 is 0. The molecule has 6 heteroatoms. The molecule has 2 rings (SSSR count). The second-order valence-corrected chi connectivity index (χ2v) is 5.89. The zero-order valence-corrected chi connectivity index (χ0v) is 11.9. The van der Waals surface area contributed by atoms with Crippen molar-refractivity contribution in [1.29, 1.82) is 0 Å². The molecule has 0 radical (unpaired) electrons. The van der Waals surface area contributed by atoms with Crippen LogP contribution in [0.3, 0.4) is 0 Å². The summed E-state index contributed by atoms with van der Waals surface area (Å²) in [5, 5.41) is 0. The maximum atomic E-state index is 13.2. The van der Waals surface area contributed by atoms with Gasteiger partial charge in [-0.05, 0) is 48.9 Å². The lowest BCUT2D eigenvalue weighted by atomic mass is 10.2. The Morgan fingerprint density at radius 1 is 1.10 bits per heavy atom. The highest BCUT2D eigenvalue weighted by Crippen LogP contribution is 2.21. The highest BCUT2D eigenvalue weighted by atomic mass is 32.2. The summed E-state index contributed by atoms with van der Waals surface area (Å²) in [6.07, 6.45) is 0. The van der Waals surface area contributed by atoms with Crippen LogP contribution >= 0.6 is 0 Å². The summed E-state index contributed by atoms with van der Waals surface area (Å²) in [5.74, 6) is 0.0283. The van der Waals surface area contributed by atoms with E-state index in [0.717, 1.165) is 6.07 Å². The van der Waals surface area contributed by atoms with Crippen LogP contribution in [-0.4, -0.2) is 15.5 Å². The first kappa shape index (κ1) is 14.3. The van der Waals surface area contributed by atoms with Crippen LogP contribution in [-0.2, 0) is 10.0 Å². The van der Waals surface area contributed by atoms with E-state index in [1.54, 1.807) is 31.2 Å². The van der Waals surface area contributed by atoms with Gasteiger partial charge in [-0.25, -0.2) is 12.8 Å². The fourth-order valence-corrected chi connectivity index (χ4v) is 3.05. The van der Waals surface area contributed by atoms with Gasteiger partial charge in [0.15, 0.2) is 0 Å². The lowest BCUT2D eigenvalue weighted by Gasteiger charge is -2.10. The van der Waals surface area contributed by atoms with Crippen molar-refractivity contribution < 1.29 is 17.5 Å². The molecule has 0 fully saturated rings. The smallest absolute Gasteiger partial charge is 0.262 e. The number of anilines is 1. The van der Waals surface area contributed by atoms with Crippen molar-refractivity contribution in [3.63, 3.8) is 0 Å². The van der Waals surface area contributed by atoms with E-state index in [9.17, 15) is 12.8 Å². The van der Waals surface area contributed by atoms with Crippen molar-refractivity contribution >= 4 is 15.7 Å². The Kier molecular flexibility index (Phi) is 3.94. The molecule has 0 aliphatic carbocycles. The third-order valence-corrected chi connectivity index (χ3v) is 4.31. The van der Waals surface area contributed by atoms with E-state index in [1.807, 2.05) is 0 Å². The Labute approximate surface area is 117 Å². The van der Waals surface area contributed by atoms with E-state index < -0.39 is 15.8 Å². The highest BCUT2D eigenvalue weighted by Gasteiger charge is 2.17. The molecular weight excluding hydrogens is 281 g/mol. The molecule has 1 N–H and O–H groups in total. The number of halogens is 1. The van der Waals surface area contributed by atoms with Gasteiger partial charge in [-0.3, -0.25) is 4.72 Å². The Morgan fingerprint density at radius 3 is 2.35 bits per heavy atom. The SMILES string of the molecule is COc1ccc(NS(=O)(=O)c2cc(F)ccc2C)cc1. The fraction of sp³-hybridized carbons (Fsp3) is 0.143.